The van der Waals surface area contributed by atoms with E-state index in [0.29, 0.717) is 6.42 Å². The summed E-state index contributed by atoms with van der Waals surface area (Å²) in [5.41, 5.74) is 0. The monoisotopic (exact) mass is 140 g/mol. The average molecular weight is 140 g/mol. The van der Waals surface area contributed by atoms with Gasteiger partial charge in [-0.2, -0.15) is 0 Å². The summed E-state index contributed by atoms with van der Waals surface area (Å²) in [5, 5.41) is 8.31. The van der Waals surface area contributed by atoms with Crippen LogP contribution < -0.4 is 0 Å². The smallest absolute Gasteiger partial charge is 0.303 e. The number of hydrogen-bond acceptors (Lipinski definition) is 2. The molecule has 0 aromatic carbocycles. The third kappa shape index (κ3) is 1.69. The van der Waals surface area contributed by atoms with Crippen molar-refractivity contribution in [1.29, 1.82) is 0 Å². The molecule has 0 aromatic heterocycles. The van der Waals surface area contributed by atoms with Crippen LogP contribution in [0, 0.1) is 5.92 Å². The molecular weight excluding hydrogens is 132 g/mol. The fourth-order valence-corrected chi connectivity index (χ4v) is 1.00. The minimum absolute atomic E-state index is 0.0336. The highest BCUT2D eigenvalue weighted by Gasteiger charge is 2.17. The number of carbonyl (C=O) groups excluding carboxylic acids is 1. The van der Waals surface area contributed by atoms with Crippen molar-refractivity contribution in [3.8, 4) is 0 Å². The van der Waals surface area contributed by atoms with Crippen molar-refractivity contribution in [2.24, 2.45) is 5.92 Å². The molecule has 0 radical (unpaired) electrons. The van der Waals surface area contributed by atoms with Gasteiger partial charge in [-0.25, -0.2) is 0 Å². The Bertz CT molecular complexity index is 193. The van der Waals surface area contributed by atoms with Gasteiger partial charge in [-0.05, 0) is 12.0 Å². The van der Waals surface area contributed by atoms with Crippen molar-refractivity contribution in [3.05, 3.63) is 12.2 Å². The molecular formula is C7H8O3. The van der Waals surface area contributed by atoms with Crippen LogP contribution in [0.4, 0.5) is 0 Å². The highest BCUT2D eigenvalue weighted by atomic mass is 16.4. The average Bonchev–Trinajstić information content (AvgIpc) is 2.13. The molecule has 1 N–H and O–H groups in total. The third-order valence-electron chi connectivity index (χ3n) is 1.45. The highest BCUT2D eigenvalue weighted by molar-refractivity contribution is 5.92. The molecule has 3 nitrogen and oxygen atoms in total. The van der Waals surface area contributed by atoms with E-state index in [1.54, 1.807) is 6.08 Å². The van der Waals surface area contributed by atoms with E-state index in [-0.39, 0.29) is 18.1 Å². The number of rotatable bonds is 2. The maximum absolute atomic E-state index is 10.6. The van der Waals surface area contributed by atoms with E-state index < -0.39 is 5.97 Å². The third-order valence-corrected chi connectivity index (χ3v) is 1.45. The molecule has 0 bridgehead atoms. The van der Waals surface area contributed by atoms with Crippen molar-refractivity contribution in [2.45, 2.75) is 12.8 Å². The maximum atomic E-state index is 10.6. The molecule has 0 fully saturated rings. The molecule has 0 heterocycles. The predicted molar refractivity (Wildman–Crippen MR) is 34.5 cm³/mol. The number of carbonyl (C=O) groups is 2. The summed E-state index contributed by atoms with van der Waals surface area (Å²) in [6.07, 6.45) is 3.55. The summed E-state index contributed by atoms with van der Waals surface area (Å²) in [5.74, 6) is -0.874. The van der Waals surface area contributed by atoms with E-state index in [4.69, 9.17) is 5.11 Å². The second kappa shape index (κ2) is 2.64. The van der Waals surface area contributed by atoms with Gasteiger partial charge < -0.3 is 5.11 Å². The lowest BCUT2D eigenvalue weighted by Gasteiger charge is -1.99. The molecule has 0 aromatic rings. The van der Waals surface area contributed by atoms with Crippen LogP contribution in [0.3, 0.4) is 0 Å². The van der Waals surface area contributed by atoms with E-state index >= 15 is 0 Å². The molecule has 0 saturated carbocycles. The lowest BCUT2D eigenvalue weighted by atomic mass is 10.1. The topological polar surface area (TPSA) is 54.4 Å². The van der Waals surface area contributed by atoms with Crippen molar-refractivity contribution >= 4 is 11.8 Å². The zero-order valence-corrected chi connectivity index (χ0v) is 5.41. The molecule has 10 heavy (non-hydrogen) atoms. The van der Waals surface area contributed by atoms with E-state index in [9.17, 15) is 9.59 Å². The van der Waals surface area contributed by atoms with Crippen LogP contribution in [0.5, 0.6) is 0 Å². The Kier molecular flexibility index (Phi) is 1.85. The SMILES string of the molecule is O=C(O)C[C@H]1C=CC(=O)C1. The van der Waals surface area contributed by atoms with Gasteiger partial charge in [0.25, 0.3) is 0 Å². The normalized spacial score (nSPS) is 23.6. The molecule has 0 spiro atoms. The second-order valence-electron chi connectivity index (χ2n) is 2.39. The molecule has 1 aliphatic carbocycles. The van der Waals surface area contributed by atoms with Crippen LogP contribution in [0.15, 0.2) is 12.2 Å². The quantitative estimate of drug-likeness (QED) is 0.611. The number of carboxylic acids is 1. The van der Waals surface area contributed by atoms with Gasteiger partial charge >= 0.3 is 5.97 Å². The van der Waals surface area contributed by atoms with Crippen LogP contribution in [-0.4, -0.2) is 16.9 Å². The van der Waals surface area contributed by atoms with Gasteiger partial charge in [-0.1, -0.05) is 6.08 Å². The zero-order valence-electron chi connectivity index (χ0n) is 5.41. The largest absolute Gasteiger partial charge is 0.481 e. The van der Waals surface area contributed by atoms with Crippen molar-refractivity contribution in [3.63, 3.8) is 0 Å². The number of ketones is 1. The molecule has 1 aliphatic rings. The number of aliphatic carboxylic acids is 1. The van der Waals surface area contributed by atoms with E-state index in [1.807, 2.05) is 0 Å². The van der Waals surface area contributed by atoms with Crippen LogP contribution in [0.2, 0.25) is 0 Å². The van der Waals surface area contributed by atoms with Crippen molar-refractivity contribution in [2.75, 3.05) is 0 Å². The van der Waals surface area contributed by atoms with Gasteiger partial charge in [0.05, 0.1) is 6.42 Å². The minimum atomic E-state index is -0.843. The Balaban J connectivity index is 2.40. The second-order valence-corrected chi connectivity index (χ2v) is 2.39. The number of hydrogen-bond donors (Lipinski definition) is 1. The van der Waals surface area contributed by atoms with E-state index in [1.165, 1.54) is 6.08 Å². The standard InChI is InChI=1S/C7H8O3/c8-6-2-1-5(3-6)4-7(9)10/h1-2,5H,3-4H2,(H,9,10)/t5-/m0/s1. The van der Waals surface area contributed by atoms with Crippen LogP contribution in [0.1, 0.15) is 12.8 Å². The zero-order chi connectivity index (χ0) is 7.56. The lowest BCUT2D eigenvalue weighted by molar-refractivity contribution is -0.137. The Hall–Kier alpha value is -1.12. The molecule has 0 saturated heterocycles. The Labute approximate surface area is 58.4 Å². The molecule has 3 heteroatoms. The van der Waals surface area contributed by atoms with Gasteiger partial charge in [-0.3, -0.25) is 9.59 Å². The summed E-state index contributed by atoms with van der Waals surface area (Å²) in [6, 6.07) is 0. The van der Waals surface area contributed by atoms with Gasteiger partial charge in [0.1, 0.15) is 0 Å². The summed E-state index contributed by atoms with van der Waals surface area (Å²) < 4.78 is 0. The fraction of sp³-hybridized carbons (Fsp3) is 0.429. The maximum Gasteiger partial charge on any atom is 0.303 e. The Morgan fingerprint density at radius 2 is 2.50 bits per heavy atom. The van der Waals surface area contributed by atoms with Gasteiger partial charge in [0.2, 0.25) is 0 Å². The first-order valence-corrected chi connectivity index (χ1v) is 3.11. The first-order chi connectivity index (χ1) is 4.68. The molecule has 54 valence electrons. The summed E-state index contributed by atoms with van der Waals surface area (Å²) in [6.45, 7) is 0. The predicted octanol–water partition coefficient (Wildman–Crippen LogP) is 0.606. The first-order valence-electron chi connectivity index (χ1n) is 3.11. The summed E-state index contributed by atoms with van der Waals surface area (Å²) in [7, 11) is 0. The molecule has 1 rings (SSSR count). The number of carboxylic acid groups (broad SMARTS) is 1. The number of allylic oxidation sites excluding steroid dienone is 2. The minimum Gasteiger partial charge on any atom is -0.481 e. The van der Waals surface area contributed by atoms with E-state index in [0.717, 1.165) is 0 Å². The van der Waals surface area contributed by atoms with Crippen LogP contribution in [-0.2, 0) is 9.59 Å². The lowest BCUT2D eigenvalue weighted by Crippen LogP contribution is -2.04. The summed E-state index contributed by atoms with van der Waals surface area (Å²) in [4.78, 5) is 20.7. The molecule has 0 aliphatic heterocycles. The van der Waals surface area contributed by atoms with Crippen LogP contribution in [0.25, 0.3) is 0 Å². The highest BCUT2D eigenvalue weighted by Crippen LogP contribution is 2.17. The fourth-order valence-electron chi connectivity index (χ4n) is 1.00. The van der Waals surface area contributed by atoms with Crippen LogP contribution >= 0.6 is 0 Å². The summed E-state index contributed by atoms with van der Waals surface area (Å²) >= 11 is 0. The Morgan fingerprint density at radius 1 is 1.80 bits per heavy atom. The Morgan fingerprint density at radius 3 is 2.90 bits per heavy atom. The van der Waals surface area contributed by atoms with E-state index in [2.05, 4.69) is 0 Å². The van der Waals surface area contributed by atoms with Crippen molar-refractivity contribution < 1.29 is 14.7 Å². The molecule has 1 atom stereocenters. The van der Waals surface area contributed by atoms with Gasteiger partial charge in [0, 0.05) is 6.42 Å². The van der Waals surface area contributed by atoms with Gasteiger partial charge in [-0.15, -0.1) is 0 Å². The van der Waals surface area contributed by atoms with Crippen molar-refractivity contribution in [1.82, 2.24) is 0 Å². The first kappa shape index (κ1) is 6.99. The molecule has 0 unspecified atom stereocenters. The van der Waals surface area contributed by atoms with Gasteiger partial charge in [0.15, 0.2) is 5.78 Å². The molecule has 0 amide bonds.